The average Bonchev–Trinajstić information content (AvgIpc) is 2.62. The number of halogens is 1. The summed E-state index contributed by atoms with van der Waals surface area (Å²) in [6, 6.07) is -0.200. The van der Waals surface area contributed by atoms with Crippen molar-refractivity contribution in [3.8, 4) is 0 Å². The number of hydrogen-bond donors (Lipinski definition) is 1. The van der Waals surface area contributed by atoms with E-state index in [0.717, 1.165) is 24.1 Å². The molecule has 1 aliphatic heterocycles. The predicted molar refractivity (Wildman–Crippen MR) is 66.2 cm³/mol. The van der Waals surface area contributed by atoms with Gasteiger partial charge in [0.1, 0.15) is 6.04 Å². The van der Waals surface area contributed by atoms with Crippen LogP contribution in [0.4, 0.5) is 5.82 Å². The maximum atomic E-state index is 11.8. The first-order valence-electron chi connectivity index (χ1n) is 5.51. The molecule has 1 saturated heterocycles. The molecular weight excluding hydrogens is 240 g/mol. The van der Waals surface area contributed by atoms with E-state index in [1.165, 1.54) is 0 Å². The summed E-state index contributed by atoms with van der Waals surface area (Å²) in [6.45, 7) is 4.58. The third-order valence-electron chi connectivity index (χ3n) is 3.20. The molecule has 5 nitrogen and oxygen atoms in total. The molecule has 1 aromatic heterocycles. The van der Waals surface area contributed by atoms with Gasteiger partial charge >= 0.3 is 0 Å². The second-order valence-corrected chi connectivity index (χ2v) is 4.69. The second kappa shape index (κ2) is 4.49. The van der Waals surface area contributed by atoms with Crippen LogP contribution in [0.2, 0.25) is 5.15 Å². The van der Waals surface area contributed by atoms with E-state index < -0.39 is 0 Å². The van der Waals surface area contributed by atoms with E-state index >= 15 is 0 Å². The van der Waals surface area contributed by atoms with E-state index in [0.29, 0.717) is 11.0 Å². The van der Waals surface area contributed by atoms with Gasteiger partial charge in [-0.2, -0.15) is 0 Å². The van der Waals surface area contributed by atoms with E-state index in [1.54, 1.807) is 11.9 Å². The van der Waals surface area contributed by atoms with E-state index in [1.807, 2.05) is 13.8 Å². The van der Waals surface area contributed by atoms with Crippen LogP contribution in [0, 0.1) is 13.8 Å². The van der Waals surface area contributed by atoms with Crippen molar-refractivity contribution < 1.29 is 4.79 Å². The van der Waals surface area contributed by atoms with Gasteiger partial charge in [-0.25, -0.2) is 0 Å². The van der Waals surface area contributed by atoms with Crippen LogP contribution in [0.25, 0.3) is 0 Å². The number of nitrogens with one attached hydrogen (secondary N) is 1. The first kappa shape index (κ1) is 12.1. The van der Waals surface area contributed by atoms with Gasteiger partial charge in [-0.15, -0.1) is 10.2 Å². The minimum absolute atomic E-state index is 0.0961. The highest BCUT2D eigenvalue weighted by Gasteiger charge is 2.29. The maximum Gasteiger partial charge on any atom is 0.244 e. The van der Waals surface area contributed by atoms with Gasteiger partial charge in [0.15, 0.2) is 11.0 Å². The highest BCUT2D eigenvalue weighted by atomic mass is 35.5. The number of likely N-dealkylation sites (N-methyl/N-ethyl adjacent to an activating group) is 1. The van der Waals surface area contributed by atoms with E-state index in [2.05, 4.69) is 15.5 Å². The summed E-state index contributed by atoms with van der Waals surface area (Å²) < 4.78 is 0. The highest BCUT2D eigenvalue weighted by molar-refractivity contribution is 6.30. The lowest BCUT2D eigenvalue weighted by atomic mass is 10.2. The maximum absolute atomic E-state index is 11.8. The minimum Gasteiger partial charge on any atom is -0.357 e. The molecule has 2 heterocycles. The van der Waals surface area contributed by atoms with Crippen molar-refractivity contribution in [3.05, 3.63) is 16.3 Å². The number of anilines is 1. The van der Waals surface area contributed by atoms with Crippen LogP contribution >= 0.6 is 11.6 Å². The van der Waals surface area contributed by atoms with Crippen molar-refractivity contribution >= 4 is 23.3 Å². The van der Waals surface area contributed by atoms with Crippen LogP contribution in [0.1, 0.15) is 17.5 Å². The van der Waals surface area contributed by atoms with Crippen molar-refractivity contribution in [3.63, 3.8) is 0 Å². The van der Waals surface area contributed by atoms with Crippen LogP contribution in [-0.2, 0) is 4.79 Å². The molecule has 1 unspecified atom stereocenters. The molecule has 0 spiro atoms. The molecule has 1 aliphatic rings. The summed E-state index contributed by atoms with van der Waals surface area (Å²) in [7, 11) is 1.80. The summed E-state index contributed by atoms with van der Waals surface area (Å²) in [4.78, 5) is 13.5. The summed E-state index contributed by atoms with van der Waals surface area (Å²) >= 11 is 5.88. The number of rotatable bonds is 2. The van der Waals surface area contributed by atoms with Gasteiger partial charge in [-0.3, -0.25) is 4.79 Å². The van der Waals surface area contributed by atoms with Gasteiger partial charge < -0.3 is 10.2 Å². The zero-order chi connectivity index (χ0) is 12.6. The number of hydrogen-bond acceptors (Lipinski definition) is 4. The molecule has 17 heavy (non-hydrogen) atoms. The topological polar surface area (TPSA) is 58.1 Å². The number of amides is 1. The number of nitrogens with zero attached hydrogens (tertiary/aromatic N) is 3. The monoisotopic (exact) mass is 254 g/mol. The van der Waals surface area contributed by atoms with Gasteiger partial charge in [-0.1, -0.05) is 11.6 Å². The van der Waals surface area contributed by atoms with Crippen LogP contribution in [-0.4, -0.2) is 40.6 Å². The molecule has 1 amide bonds. The molecule has 92 valence electrons. The molecule has 2 rings (SSSR count). The molecule has 1 N–H and O–H groups in total. The van der Waals surface area contributed by atoms with Gasteiger partial charge in [0.25, 0.3) is 0 Å². The Morgan fingerprint density at radius 2 is 2.06 bits per heavy atom. The Bertz CT molecular complexity index is 463. The fourth-order valence-corrected chi connectivity index (χ4v) is 2.01. The van der Waals surface area contributed by atoms with Gasteiger partial charge in [-0.05, 0) is 31.4 Å². The van der Waals surface area contributed by atoms with Crippen LogP contribution in [0.15, 0.2) is 0 Å². The SMILES string of the molecule is Cc1c(Cl)nnc(NC2CCN(C)C2=O)c1C. The second-order valence-electron chi connectivity index (χ2n) is 4.33. The summed E-state index contributed by atoms with van der Waals surface area (Å²) in [5, 5.41) is 11.4. The first-order chi connectivity index (χ1) is 8.00. The lowest BCUT2D eigenvalue weighted by molar-refractivity contribution is -0.127. The molecule has 0 aliphatic carbocycles. The number of carbonyl (C=O) groups excluding carboxylic acids is 1. The third kappa shape index (κ3) is 2.20. The van der Waals surface area contributed by atoms with Gasteiger partial charge in [0.2, 0.25) is 5.91 Å². The first-order valence-corrected chi connectivity index (χ1v) is 5.89. The number of carbonyl (C=O) groups is 1. The standard InChI is InChI=1S/C11H15ClN4O/c1-6-7(2)10(15-14-9(6)12)13-8-4-5-16(3)11(8)17/h8H,4-5H2,1-3H3,(H,13,15). The minimum atomic E-state index is -0.200. The molecule has 1 fully saturated rings. The van der Waals surface area contributed by atoms with E-state index in [9.17, 15) is 4.79 Å². The number of aromatic nitrogens is 2. The number of likely N-dealkylation sites (tertiary alicyclic amines) is 1. The molecule has 0 aromatic carbocycles. The zero-order valence-electron chi connectivity index (χ0n) is 10.1. The van der Waals surface area contributed by atoms with E-state index in [4.69, 9.17) is 11.6 Å². The van der Waals surface area contributed by atoms with Crippen molar-refractivity contribution in [2.75, 3.05) is 18.9 Å². The lowest BCUT2D eigenvalue weighted by Crippen LogP contribution is -2.31. The zero-order valence-corrected chi connectivity index (χ0v) is 10.9. The Kier molecular flexibility index (Phi) is 3.19. The molecule has 1 aromatic rings. The lowest BCUT2D eigenvalue weighted by Gasteiger charge is -2.15. The summed E-state index contributed by atoms with van der Waals surface area (Å²) in [6.07, 6.45) is 0.790. The van der Waals surface area contributed by atoms with Crippen molar-refractivity contribution in [1.29, 1.82) is 0 Å². The van der Waals surface area contributed by atoms with Crippen molar-refractivity contribution in [2.45, 2.75) is 26.3 Å². The molecule has 0 radical (unpaired) electrons. The quantitative estimate of drug-likeness (QED) is 0.867. The van der Waals surface area contributed by atoms with Crippen LogP contribution < -0.4 is 5.32 Å². The van der Waals surface area contributed by atoms with Gasteiger partial charge in [0.05, 0.1) is 0 Å². The Balaban J connectivity index is 2.20. The summed E-state index contributed by atoms with van der Waals surface area (Å²) in [5.74, 6) is 0.736. The predicted octanol–water partition coefficient (Wildman–Crippen LogP) is 1.39. The molecule has 0 bridgehead atoms. The van der Waals surface area contributed by atoms with Crippen LogP contribution in [0.3, 0.4) is 0 Å². The van der Waals surface area contributed by atoms with Gasteiger partial charge in [0, 0.05) is 13.6 Å². The fraction of sp³-hybridized carbons (Fsp3) is 0.545. The normalized spacial score (nSPS) is 19.9. The molecule has 6 heteroatoms. The Morgan fingerprint density at radius 3 is 2.65 bits per heavy atom. The molecular formula is C11H15ClN4O. The Labute approximate surface area is 105 Å². The highest BCUT2D eigenvalue weighted by Crippen LogP contribution is 2.22. The van der Waals surface area contributed by atoms with Crippen LogP contribution in [0.5, 0.6) is 0 Å². The third-order valence-corrected chi connectivity index (χ3v) is 3.56. The average molecular weight is 255 g/mol. The molecule has 0 saturated carbocycles. The largest absolute Gasteiger partial charge is 0.357 e. The van der Waals surface area contributed by atoms with E-state index in [-0.39, 0.29) is 11.9 Å². The summed E-state index contributed by atoms with van der Waals surface area (Å²) in [5.41, 5.74) is 1.83. The molecule has 1 atom stereocenters. The van der Waals surface area contributed by atoms with Crippen molar-refractivity contribution in [1.82, 2.24) is 15.1 Å². The smallest absolute Gasteiger partial charge is 0.244 e. The Hall–Kier alpha value is -1.36. The fourth-order valence-electron chi connectivity index (χ4n) is 1.83. The van der Waals surface area contributed by atoms with Crippen molar-refractivity contribution in [2.24, 2.45) is 0 Å². The Morgan fingerprint density at radius 1 is 1.35 bits per heavy atom.